The van der Waals surface area contributed by atoms with Gasteiger partial charge < -0.3 is 8.98 Å². The first kappa shape index (κ1) is 37.1. The minimum Gasteiger partial charge on any atom is -0.455 e. The summed E-state index contributed by atoms with van der Waals surface area (Å²) in [5, 5.41) is 4.86. The van der Waals surface area contributed by atoms with Gasteiger partial charge in [-0.2, -0.15) is 0 Å². The Labute approximate surface area is 389 Å². The van der Waals surface area contributed by atoms with Crippen molar-refractivity contribution in [3.05, 3.63) is 257 Å². The summed E-state index contributed by atoms with van der Waals surface area (Å²) in [4.78, 5) is 0. The third-order valence-corrected chi connectivity index (χ3v) is 15.8. The van der Waals surface area contributed by atoms with E-state index in [-0.39, 0.29) is 17.3 Å². The summed E-state index contributed by atoms with van der Waals surface area (Å²) >= 11 is 0. The van der Waals surface area contributed by atoms with Crippen LogP contribution in [-0.4, -0.2) is 4.57 Å². The maximum absolute atomic E-state index is 6.59. The van der Waals surface area contributed by atoms with E-state index in [0.717, 1.165) is 33.1 Å². The summed E-state index contributed by atoms with van der Waals surface area (Å²) in [6.45, 7) is 4.78. The summed E-state index contributed by atoms with van der Waals surface area (Å²) in [5.74, 6) is 0.193. The topological polar surface area (TPSA) is 18.1 Å². The van der Waals surface area contributed by atoms with Crippen LogP contribution in [0.25, 0.3) is 93.9 Å². The van der Waals surface area contributed by atoms with Gasteiger partial charge in [0.1, 0.15) is 11.2 Å². The molecule has 4 aliphatic carbocycles. The number of benzene rings is 10. The molecule has 10 aromatic carbocycles. The van der Waals surface area contributed by atoms with Gasteiger partial charge >= 0.3 is 0 Å². The molecular formula is C65H43NO. The largest absolute Gasteiger partial charge is 0.455 e. The lowest BCUT2D eigenvalue weighted by Gasteiger charge is -2.44. The van der Waals surface area contributed by atoms with Crippen LogP contribution in [0.3, 0.4) is 0 Å². The molecule has 2 bridgehead atoms. The van der Waals surface area contributed by atoms with Gasteiger partial charge in [0, 0.05) is 50.0 Å². The second-order valence-corrected chi connectivity index (χ2v) is 19.5. The van der Waals surface area contributed by atoms with Gasteiger partial charge in [0.25, 0.3) is 0 Å². The highest BCUT2D eigenvalue weighted by Crippen LogP contribution is 2.60. The van der Waals surface area contributed by atoms with Crippen molar-refractivity contribution in [2.45, 2.75) is 31.1 Å². The van der Waals surface area contributed by atoms with E-state index in [4.69, 9.17) is 4.42 Å². The number of furan rings is 1. The van der Waals surface area contributed by atoms with Crippen LogP contribution in [0, 0.1) is 0 Å². The van der Waals surface area contributed by atoms with Crippen LogP contribution in [0.5, 0.6) is 0 Å². The highest BCUT2D eigenvalue weighted by molar-refractivity contribution is 6.13. The number of rotatable bonds is 4. The highest BCUT2D eigenvalue weighted by atomic mass is 16.3. The number of para-hydroxylation sites is 3. The fraction of sp³-hybridized carbons (Fsp3) is 0.0769. The van der Waals surface area contributed by atoms with Gasteiger partial charge in [-0.3, -0.25) is 0 Å². The van der Waals surface area contributed by atoms with Gasteiger partial charge in [-0.1, -0.05) is 178 Å². The fourth-order valence-electron chi connectivity index (χ4n) is 12.9. The summed E-state index contributed by atoms with van der Waals surface area (Å²) < 4.78 is 9.07. The minimum atomic E-state index is -0.107. The Bertz CT molecular complexity index is 4040. The van der Waals surface area contributed by atoms with Crippen molar-refractivity contribution in [2.24, 2.45) is 0 Å². The number of aromatic nitrogens is 1. The normalized spacial score (nSPS) is 16.0. The van der Waals surface area contributed by atoms with E-state index >= 15 is 0 Å². The van der Waals surface area contributed by atoms with Gasteiger partial charge in [-0.05, 0) is 132 Å². The SMILES string of the molecule is CC1(C)c2ccccc2-c2cc3c(cc21)c1cc(-c2ccc(-c4cccc(-c5cccc6c5oc5ccccc56)c4)c4c2C2c5ccccc5C4c4ccccc42)ccc1n3-c1ccccc1. The van der Waals surface area contributed by atoms with E-state index in [1.165, 1.54) is 105 Å². The van der Waals surface area contributed by atoms with Gasteiger partial charge in [0.05, 0.1) is 11.0 Å². The Kier molecular flexibility index (Phi) is 7.43. The maximum Gasteiger partial charge on any atom is 0.143 e. The van der Waals surface area contributed by atoms with Crippen LogP contribution in [0.1, 0.15) is 70.2 Å². The van der Waals surface area contributed by atoms with Crippen molar-refractivity contribution >= 4 is 43.7 Å². The summed E-state index contributed by atoms with van der Waals surface area (Å²) in [5.41, 5.74) is 26.7. The van der Waals surface area contributed by atoms with Gasteiger partial charge in [0.15, 0.2) is 0 Å². The molecule has 4 aliphatic rings. The number of nitrogens with zero attached hydrogens (tertiary/aromatic N) is 1. The molecule has 2 aromatic heterocycles. The smallest absolute Gasteiger partial charge is 0.143 e. The molecule has 2 heteroatoms. The predicted octanol–water partition coefficient (Wildman–Crippen LogP) is 17.0. The van der Waals surface area contributed by atoms with E-state index in [2.05, 4.69) is 225 Å². The summed E-state index contributed by atoms with van der Waals surface area (Å²) in [6, 6.07) is 79.5. The van der Waals surface area contributed by atoms with E-state index in [9.17, 15) is 0 Å². The molecule has 314 valence electrons. The zero-order valence-corrected chi connectivity index (χ0v) is 37.2. The first-order chi connectivity index (χ1) is 33.0. The van der Waals surface area contributed by atoms with Crippen molar-refractivity contribution in [2.75, 3.05) is 0 Å². The Morgan fingerprint density at radius 2 is 0.940 bits per heavy atom. The van der Waals surface area contributed by atoms with Gasteiger partial charge in [0.2, 0.25) is 0 Å². The third kappa shape index (κ3) is 5.00. The molecule has 12 aromatic rings. The standard InChI is InChI=1S/C65H43NO/c1-65(2)55-28-12-10-20-45(55)52-37-58-54(36-56(52)65)53-35-40(30-33-57(53)66(58)41-18-4-3-5-19-41)43-32-31-42(62-60-47-22-6-8-24-49(47)61(63(43)62)50-25-9-7-23-48(50)60)38-16-14-17-39(34-38)44-26-15-27-51-46-21-11-13-29-59(46)67-64(44)51/h3-37,60-61H,1-2H3. The molecule has 0 N–H and O–H groups in total. The predicted molar refractivity (Wildman–Crippen MR) is 277 cm³/mol. The average Bonchev–Trinajstić information content (AvgIpc) is 4.00. The van der Waals surface area contributed by atoms with Crippen molar-refractivity contribution in [1.82, 2.24) is 4.57 Å². The monoisotopic (exact) mass is 853 g/mol. The zero-order valence-electron chi connectivity index (χ0n) is 37.2. The van der Waals surface area contributed by atoms with Crippen LogP contribution in [-0.2, 0) is 5.41 Å². The number of hydrogen-bond acceptors (Lipinski definition) is 1. The Balaban J connectivity index is 0.980. The van der Waals surface area contributed by atoms with E-state index in [1.54, 1.807) is 0 Å². The van der Waals surface area contributed by atoms with Crippen LogP contribution in [0.15, 0.2) is 217 Å². The van der Waals surface area contributed by atoms with E-state index in [1.807, 2.05) is 6.07 Å². The molecule has 0 aliphatic heterocycles. The van der Waals surface area contributed by atoms with Gasteiger partial charge in [-0.25, -0.2) is 0 Å². The highest BCUT2D eigenvalue weighted by Gasteiger charge is 2.44. The molecule has 0 atom stereocenters. The fourth-order valence-corrected chi connectivity index (χ4v) is 12.9. The molecule has 0 spiro atoms. The van der Waals surface area contributed by atoms with Crippen molar-refractivity contribution in [3.63, 3.8) is 0 Å². The first-order valence-corrected chi connectivity index (χ1v) is 23.7. The molecule has 2 heterocycles. The second-order valence-electron chi connectivity index (χ2n) is 19.5. The van der Waals surface area contributed by atoms with Crippen LogP contribution in [0.4, 0.5) is 0 Å². The molecule has 2 nitrogen and oxygen atoms in total. The summed E-state index contributed by atoms with van der Waals surface area (Å²) in [7, 11) is 0. The molecule has 0 saturated heterocycles. The molecule has 0 fully saturated rings. The van der Waals surface area contributed by atoms with Crippen molar-refractivity contribution in [1.29, 1.82) is 0 Å². The molecular weight excluding hydrogens is 811 g/mol. The molecule has 0 unspecified atom stereocenters. The third-order valence-electron chi connectivity index (χ3n) is 15.8. The Hall–Kier alpha value is -8.20. The molecule has 0 amide bonds. The molecule has 67 heavy (non-hydrogen) atoms. The summed E-state index contributed by atoms with van der Waals surface area (Å²) in [6.07, 6.45) is 0. The van der Waals surface area contributed by atoms with Crippen molar-refractivity contribution < 1.29 is 4.42 Å². The van der Waals surface area contributed by atoms with Crippen LogP contribution < -0.4 is 0 Å². The average molecular weight is 854 g/mol. The van der Waals surface area contributed by atoms with Crippen LogP contribution >= 0.6 is 0 Å². The van der Waals surface area contributed by atoms with E-state index in [0.29, 0.717) is 0 Å². The Morgan fingerprint density at radius 3 is 1.67 bits per heavy atom. The van der Waals surface area contributed by atoms with E-state index < -0.39 is 0 Å². The lowest BCUT2D eigenvalue weighted by atomic mass is 9.58. The van der Waals surface area contributed by atoms with Gasteiger partial charge in [-0.15, -0.1) is 0 Å². The molecule has 16 rings (SSSR count). The lowest BCUT2D eigenvalue weighted by Crippen LogP contribution is -2.28. The molecule has 0 radical (unpaired) electrons. The second kappa shape index (κ2) is 13.4. The van der Waals surface area contributed by atoms with Crippen LogP contribution in [0.2, 0.25) is 0 Å². The van der Waals surface area contributed by atoms with Crippen molar-refractivity contribution in [3.8, 4) is 50.2 Å². The number of hydrogen-bond donors (Lipinski definition) is 0. The lowest BCUT2D eigenvalue weighted by molar-refractivity contribution is 0.661. The number of fused-ring (bicyclic) bond motifs is 9. The Morgan fingerprint density at radius 1 is 0.373 bits per heavy atom. The minimum absolute atomic E-state index is 0.0961. The maximum atomic E-state index is 6.59. The quantitative estimate of drug-likeness (QED) is 0.172. The molecule has 0 saturated carbocycles. The zero-order chi connectivity index (χ0) is 44.1. The first-order valence-electron chi connectivity index (χ1n) is 23.7.